The first-order valence-electron chi connectivity index (χ1n) is 14.5. The fourth-order valence-electron chi connectivity index (χ4n) is 6.25. The Labute approximate surface area is 246 Å². The van der Waals surface area contributed by atoms with Gasteiger partial charge in [-0.15, -0.1) is 0 Å². The van der Waals surface area contributed by atoms with Crippen LogP contribution in [0, 0.1) is 5.92 Å². The lowest BCUT2D eigenvalue weighted by Crippen LogP contribution is -2.50. The van der Waals surface area contributed by atoms with E-state index in [1.807, 2.05) is 35.7 Å². The summed E-state index contributed by atoms with van der Waals surface area (Å²) in [6, 6.07) is 12.7. The molecule has 2 aliphatic carbocycles. The Kier molecular flexibility index (Phi) is 9.37. The predicted octanol–water partition coefficient (Wildman–Crippen LogP) is 6.59. The van der Waals surface area contributed by atoms with Crippen molar-refractivity contribution in [1.29, 1.82) is 0 Å². The van der Waals surface area contributed by atoms with Gasteiger partial charge in [-0.25, -0.2) is 4.79 Å². The smallest absolute Gasteiger partial charge is 0.405 e. The van der Waals surface area contributed by atoms with Gasteiger partial charge in [-0.2, -0.15) is 11.3 Å². The largest absolute Gasteiger partial charge is 0.465 e. The van der Waals surface area contributed by atoms with Crippen LogP contribution < -0.4 is 10.6 Å². The van der Waals surface area contributed by atoms with E-state index in [-0.39, 0.29) is 5.91 Å². The van der Waals surface area contributed by atoms with E-state index in [0.29, 0.717) is 24.1 Å². The van der Waals surface area contributed by atoms with Gasteiger partial charge in [0.2, 0.25) is 5.91 Å². The number of nitrogens with one attached hydrogen (secondary N) is 2. The van der Waals surface area contributed by atoms with Crippen LogP contribution in [0.15, 0.2) is 53.4 Å². The number of ether oxygens (including phenoxy) is 1. The number of rotatable bonds is 11. The van der Waals surface area contributed by atoms with Crippen molar-refractivity contribution in [2.45, 2.75) is 62.9 Å². The third-order valence-electron chi connectivity index (χ3n) is 8.83. The van der Waals surface area contributed by atoms with Crippen LogP contribution in [-0.4, -0.2) is 60.3 Å². The number of pyridine rings is 1. The molecule has 8 nitrogen and oxygen atoms in total. The van der Waals surface area contributed by atoms with Crippen LogP contribution in [0.4, 0.5) is 10.5 Å². The molecule has 2 amide bonds. The minimum absolute atomic E-state index is 0.0353. The van der Waals surface area contributed by atoms with Gasteiger partial charge in [-0.1, -0.05) is 24.3 Å². The van der Waals surface area contributed by atoms with Crippen LogP contribution in [0.1, 0.15) is 56.9 Å². The van der Waals surface area contributed by atoms with Crippen LogP contribution in [0.5, 0.6) is 0 Å². The normalized spacial score (nSPS) is 19.9. The summed E-state index contributed by atoms with van der Waals surface area (Å²) in [4.78, 5) is 31.6. The van der Waals surface area contributed by atoms with Gasteiger partial charge in [-0.05, 0) is 91.9 Å². The van der Waals surface area contributed by atoms with Gasteiger partial charge in [0.25, 0.3) is 0 Å². The zero-order valence-electron chi connectivity index (χ0n) is 23.9. The summed E-state index contributed by atoms with van der Waals surface area (Å²) in [6.07, 6.45) is 8.23. The Hall–Kier alpha value is -3.27. The van der Waals surface area contributed by atoms with Crippen LogP contribution in [0.25, 0.3) is 22.4 Å². The second kappa shape index (κ2) is 13.1. The average molecular weight is 577 g/mol. The van der Waals surface area contributed by atoms with E-state index in [1.54, 1.807) is 24.6 Å². The van der Waals surface area contributed by atoms with Gasteiger partial charge in [0.1, 0.15) is 0 Å². The van der Waals surface area contributed by atoms with E-state index < -0.39 is 11.6 Å². The first-order chi connectivity index (χ1) is 19.9. The monoisotopic (exact) mass is 576 g/mol. The molecule has 0 atom stereocenters. The predicted molar refractivity (Wildman–Crippen MR) is 163 cm³/mol. The number of carbonyl (C=O) groups excluding carboxylic acids is 1. The van der Waals surface area contributed by atoms with Crippen LogP contribution in [0.2, 0.25) is 0 Å². The fourth-order valence-corrected chi connectivity index (χ4v) is 6.91. The van der Waals surface area contributed by atoms with Gasteiger partial charge in [0.15, 0.2) is 0 Å². The molecular weight excluding hydrogens is 536 g/mol. The molecule has 41 heavy (non-hydrogen) atoms. The van der Waals surface area contributed by atoms with Gasteiger partial charge in [-0.3, -0.25) is 9.78 Å². The van der Waals surface area contributed by atoms with Crippen molar-refractivity contribution in [3.05, 3.63) is 58.9 Å². The number of nitrogens with zero attached hydrogens (tertiary/aromatic N) is 2. The number of likely N-dealkylation sites (N-methyl/N-ethyl adjacent to an activating group) is 1. The second-order valence-electron chi connectivity index (χ2n) is 11.5. The second-order valence-corrected chi connectivity index (χ2v) is 12.3. The molecule has 218 valence electrons. The molecule has 0 aliphatic heterocycles. The fraction of sp³-hybridized carbons (Fsp3) is 0.469. The lowest BCUT2D eigenvalue weighted by Gasteiger charge is -2.42. The molecule has 2 aliphatic rings. The molecule has 9 heteroatoms. The molecule has 3 N–H and O–H groups in total. The molecule has 3 aromatic rings. The van der Waals surface area contributed by atoms with Crippen LogP contribution in [-0.2, 0) is 15.1 Å². The molecule has 0 unspecified atom stereocenters. The molecule has 1 aromatic carbocycles. The lowest BCUT2D eigenvalue weighted by molar-refractivity contribution is -0.117. The number of benzene rings is 1. The molecule has 0 spiro atoms. The van der Waals surface area contributed by atoms with Crippen molar-refractivity contribution >= 4 is 29.0 Å². The Morgan fingerprint density at radius 3 is 2.49 bits per heavy atom. The van der Waals surface area contributed by atoms with Crippen molar-refractivity contribution in [1.82, 2.24) is 15.2 Å². The van der Waals surface area contributed by atoms with Crippen molar-refractivity contribution in [3.63, 3.8) is 0 Å². The quantitative estimate of drug-likeness (QED) is 0.238. The number of carboxylic acid groups (broad SMARTS) is 1. The Morgan fingerprint density at radius 1 is 1.12 bits per heavy atom. The van der Waals surface area contributed by atoms with Crippen LogP contribution >= 0.6 is 11.3 Å². The summed E-state index contributed by atoms with van der Waals surface area (Å²) in [6.45, 7) is 1.68. The summed E-state index contributed by atoms with van der Waals surface area (Å²) in [7, 11) is 3.90. The number of thiophene rings is 1. The number of amides is 2. The minimum Gasteiger partial charge on any atom is -0.465 e. The van der Waals surface area contributed by atoms with E-state index in [4.69, 9.17) is 9.72 Å². The Balaban J connectivity index is 1.26. The molecule has 2 heterocycles. The highest BCUT2D eigenvalue weighted by Crippen LogP contribution is 2.42. The molecule has 5 rings (SSSR count). The summed E-state index contributed by atoms with van der Waals surface area (Å²) in [5.74, 6) is 0.437. The maximum Gasteiger partial charge on any atom is 0.405 e. The SMILES string of the molecule is COCCN(C)C1CCC(CC(=O)Nc2cnc(-c3ccc(C4(NC(=O)O)CCC4)cc3)c(-c3ccsc3)c2)CC1. The van der Waals surface area contributed by atoms with E-state index in [1.165, 1.54) is 0 Å². The number of carbonyl (C=O) groups is 2. The van der Waals surface area contributed by atoms with E-state index in [2.05, 4.69) is 34.0 Å². The highest BCUT2D eigenvalue weighted by molar-refractivity contribution is 7.08. The molecular formula is C32H40N4O4S. The highest BCUT2D eigenvalue weighted by atomic mass is 32.1. The minimum atomic E-state index is -0.994. The number of anilines is 1. The molecule has 2 saturated carbocycles. The lowest BCUT2D eigenvalue weighted by atomic mass is 9.71. The number of hydrogen-bond acceptors (Lipinski definition) is 6. The zero-order valence-corrected chi connectivity index (χ0v) is 24.7. The summed E-state index contributed by atoms with van der Waals surface area (Å²) in [5, 5.41) is 19.3. The van der Waals surface area contributed by atoms with Gasteiger partial charge in [0.05, 0.1) is 29.7 Å². The molecule has 0 bridgehead atoms. The van der Waals surface area contributed by atoms with E-state index in [9.17, 15) is 14.7 Å². The first kappa shape index (κ1) is 29.2. The summed E-state index contributed by atoms with van der Waals surface area (Å²) < 4.78 is 5.21. The number of methoxy groups -OCH3 is 1. The highest BCUT2D eigenvalue weighted by Gasteiger charge is 2.40. The Bertz CT molecular complexity index is 1320. The van der Waals surface area contributed by atoms with Crippen molar-refractivity contribution in [2.75, 3.05) is 32.6 Å². The molecule has 2 aromatic heterocycles. The molecule has 0 radical (unpaired) electrons. The van der Waals surface area contributed by atoms with E-state index in [0.717, 1.165) is 86.0 Å². The first-order valence-corrected chi connectivity index (χ1v) is 15.4. The maximum absolute atomic E-state index is 13.0. The zero-order chi connectivity index (χ0) is 28.8. The van der Waals surface area contributed by atoms with Crippen LogP contribution in [0.3, 0.4) is 0 Å². The molecule has 2 fully saturated rings. The van der Waals surface area contributed by atoms with Gasteiger partial charge >= 0.3 is 6.09 Å². The van der Waals surface area contributed by atoms with Crippen molar-refractivity contribution < 1.29 is 19.4 Å². The third kappa shape index (κ3) is 6.97. The number of aromatic nitrogens is 1. The van der Waals surface area contributed by atoms with Gasteiger partial charge in [0, 0.05) is 37.2 Å². The maximum atomic E-state index is 13.0. The average Bonchev–Trinajstić information content (AvgIpc) is 3.49. The van der Waals surface area contributed by atoms with E-state index >= 15 is 0 Å². The standard InChI is InChI=1S/C32H40N4O4S/c1-36(15-16-40-2)27-10-4-22(5-11-27)18-29(37)34-26-19-28(24-12-17-41-21-24)30(33-20-26)23-6-8-25(9-7-23)32(13-3-14-32)35-31(38)39/h6-9,12,17,19-22,27,35H,3-5,10-11,13-16,18H2,1-2H3,(H,34,37)(H,38,39). The Morgan fingerprint density at radius 2 is 1.88 bits per heavy atom. The summed E-state index contributed by atoms with van der Waals surface area (Å²) in [5.41, 5.74) is 4.97. The molecule has 0 saturated heterocycles. The van der Waals surface area contributed by atoms with Crippen molar-refractivity contribution in [2.24, 2.45) is 5.92 Å². The third-order valence-corrected chi connectivity index (χ3v) is 9.51. The van der Waals surface area contributed by atoms with Crippen molar-refractivity contribution in [3.8, 4) is 22.4 Å². The topological polar surface area (TPSA) is 104 Å². The summed E-state index contributed by atoms with van der Waals surface area (Å²) >= 11 is 1.62. The number of hydrogen-bond donors (Lipinski definition) is 3. The van der Waals surface area contributed by atoms with Gasteiger partial charge < -0.3 is 25.4 Å².